The Morgan fingerprint density at radius 3 is 1.94 bits per heavy atom. The molecule has 47 heavy (non-hydrogen) atoms. The molecule has 0 saturated heterocycles. The number of rotatable bonds is 6. The van der Waals surface area contributed by atoms with E-state index in [0.29, 0.717) is 5.92 Å². The summed E-state index contributed by atoms with van der Waals surface area (Å²) >= 11 is 0. The van der Waals surface area contributed by atoms with Crippen molar-refractivity contribution in [3.05, 3.63) is 174 Å². The first kappa shape index (κ1) is 29.0. The second kappa shape index (κ2) is 11.4. The Balaban J connectivity index is 1.46. The van der Waals surface area contributed by atoms with Crippen LogP contribution in [0.15, 0.2) is 158 Å². The van der Waals surface area contributed by atoms with Gasteiger partial charge in [-0.05, 0) is 79.9 Å². The summed E-state index contributed by atoms with van der Waals surface area (Å²) in [7, 11) is 0. The van der Waals surface area contributed by atoms with Crippen LogP contribution in [0.25, 0.3) is 44.2 Å². The molecule has 0 amide bonds. The van der Waals surface area contributed by atoms with Crippen LogP contribution in [-0.2, 0) is 5.41 Å². The normalized spacial score (nSPS) is 13.0. The van der Waals surface area contributed by atoms with E-state index in [2.05, 4.69) is 190 Å². The number of benzene rings is 7. The fraction of sp³-hybridized carbons (Fsp3) is 0.130. The molecule has 1 aliphatic carbocycles. The van der Waals surface area contributed by atoms with E-state index in [9.17, 15) is 0 Å². The molecule has 0 aromatic heterocycles. The lowest BCUT2D eigenvalue weighted by atomic mass is 9.82. The molecule has 0 saturated carbocycles. The van der Waals surface area contributed by atoms with Gasteiger partial charge in [-0.1, -0.05) is 161 Å². The van der Waals surface area contributed by atoms with Crippen molar-refractivity contribution in [3.63, 3.8) is 0 Å². The van der Waals surface area contributed by atoms with E-state index >= 15 is 0 Å². The summed E-state index contributed by atoms with van der Waals surface area (Å²) in [6.07, 6.45) is 0. The lowest BCUT2D eigenvalue weighted by Crippen LogP contribution is -2.17. The van der Waals surface area contributed by atoms with Gasteiger partial charge < -0.3 is 4.90 Å². The fourth-order valence-electron chi connectivity index (χ4n) is 7.73. The average Bonchev–Trinajstić information content (AvgIpc) is 3.34. The maximum absolute atomic E-state index is 2.51. The Hall–Kier alpha value is -5.40. The summed E-state index contributed by atoms with van der Waals surface area (Å²) < 4.78 is 0. The van der Waals surface area contributed by atoms with Gasteiger partial charge in [-0.3, -0.25) is 0 Å². The number of anilines is 3. The zero-order chi connectivity index (χ0) is 32.1. The van der Waals surface area contributed by atoms with E-state index in [0.717, 1.165) is 11.4 Å². The van der Waals surface area contributed by atoms with Crippen molar-refractivity contribution in [1.82, 2.24) is 0 Å². The Bertz CT molecular complexity index is 2260. The van der Waals surface area contributed by atoms with Gasteiger partial charge in [-0.15, -0.1) is 0 Å². The SMILES string of the molecule is CC(C)c1ccccc1-c1c(N(c2ccc3c(c2)C(C)(C)c2ccccc2-3)c2ccccc2-c2ccccc2)ccc2ccccc12. The predicted molar refractivity (Wildman–Crippen MR) is 201 cm³/mol. The highest BCUT2D eigenvalue weighted by Gasteiger charge is 2.36. The Morgan fingerprint density at radius 1 is 0.489 bits per heavy atom. The topological polar surface area (TPSA) is 3.24 Å². The van der Waals surface area contributed by atoms with Gasteiger partial charge in [0.2, 0.25) is 0 Å². The highest BCUT2D eigenvalue weighted by molar-refractivity contribution is 6.07. The molecule has 0 unspecified atom stereocenters. The van der Waals surface area contributed by atoms with Crippen molar-refractivity contribution in [1.29, 1.82) is 0 Å². The number of fused-ring (bicyclic) bond motifs is 4. The number of para-hydroxylation sites is 1. The van der Waals surface area contributed by atoms with E-state index < -0.39 is 0 Å². The monoisotopic (exact) mass is 605 g/mol. The predicted octanol–water partition coefficient (Wildman–Crippen LogP) is 13.1. The average molecular weight is 606 g/mol. The van der Waals surface area contributed by atoms with Crippen LogP contribution in [0, 0.1) is 0 Å². The quantitative estimate of drug-likeness (QED) is 0.182. The van der Waals surface area contributed by atoms with Crippen molar-refractivity contribution in [2.75, 3.05) is 4.90 Å². The summed E-state index contributed by atoms with van der Waals surface area (Å²) in [6, 6.07) is 58.1. The molecule has 0 aliphatic heterocycles. The number of nitrogens with zero attached hydrogens (tertiary/aromatic N) is 1. The van der Waals surface area contributed by atoms with Gasteiger partial charge in [-0.25, -0.2) is 0 Å². The van der Waals surface area contributed by atoms with E-state index in [1.54, 1.807) is 0 Å². The molecule has 0 fully saturated rings. The van der Waals surface area contributed by atoms with Crippen LogP contribution in [0.5, 0.6) is 0 Å². The van der Waals surface area contributed by atoms with Crippen LogP contribution in [-0.4, -0.2) is 0 Å². The maximum Gasteiger partial charge on any atom is 0.0546 e. The van der Waals surface area contributed by atoms with Gasteiger partial charge in [0, 0.05) is 22.2 Å². The first-order valence-corrected chi connectivity index (χ1v) is 16.7. The molecule has 7 aromatic carbocycles. The zero-order valence-corrected chi connectivity index (χ0v) is 27.5. The minimum Gasteiger partial charge on any atom is -0.309 e. The zero-order valence-electron chi connectivity index (χ0n) is 27.5. The minimum atomic E-state index is -0.108. The van der Waals surface area contributed by atoms with Crippen molar-refractivity contribution in [2.45, 2.75) is 39.0 Å². The lowest BCUT2D eigenvalue weighted by Gasteiger charge is -2.32. The lowest BCUT2D eigenvalue weighted by molar-refractivity contribution is 0.660. The molecule has 0 atom stereocenters. The van der Waals surface area contributed by atoms with E-state index in [1.165, 1.54) is 66.5 Å². The van der Waals surface area contributed by atoms with Crippen LogP contribution in [0.1, 0.15) is 50.3 Å². The molecular weight excluding hydrogens is 567 g/mol. The molecule has 8 rings (SSSR count). The fourth-order valence-corrected chi connectivity index (χ4v) is 7.73. The third-order valence-electron chi connectivity index (χ3n) is 10.1. The molecule has 0 bridgehead atoms. The summed E-state index contributed by atoms with van der Waals surface area (Å²) in [5.41, 5.74) is 15.1. The summed E-state index contributed by atoms with van der Waals surface area (Å²) in [6.45, 7) is 9.33. The molecular formula is C46H39N. The molecule has 0 spiro atoms. The summed E-state index contributed by atoms with van der Waals surface area (Å²) in [4.78, 5) is 2.51. The van der Waals surface area contributed by atoms with Crippen LogP contribution in [0.4, 0.5) is 17.1 Å². The van der Waals surface area contributed by atoms with Gasteiger partial charge in [0.15, 0.2) is 0 Å². The highest BCUT2D eigenvalue weighted by atomic mass is 15.1. The Kier molecular flexibility index (Phi) is 7.07. The Morgan fingerprint density at radius 2 is 1.13 bits per heavy atom. The van der Waals surface area contributed by atoms with Crippen LogP contribution >= 0.6 is 0 Å². The van der Waals surface area contributed by atoms with Crippen molar-refractivity contribution < 1.29 is 0 Å². The molecule has 0 radical (unpaired) electrons. The third kappa shape index (κ3) is 4.77. The smallest absolute Gasteiger partial charge is 0.0546 e. The third-order valence-corrected chi connectivity index (χ3v) is 10.1. The summed E-state index contributed by atoms with van der Waals surface area (Å²) in [5.74, 6) is 0.377. The van der Waals surface area contributed by atoms with Crippen molar-refractivity contribution in [3.8, 4) is 33.4 Å². The first-order valence-electron chi connectivity index (χ1n) is 16.7. The largest absolute Gasteiger partial charge is 0.309 e. The van der Waals surface area contributed by atoms with Gasteiger partial charge in [0.05, 0.1) is 11.4 Å². The second-order valence-electron chi connectivity index (χ2n) is 13.5. The van der Waals surface area contributed by atoms with E-state index in [1.807, 2.05) is 0 Å². The number of hydrogen-bond donors (Lipinski definition) is 0. The molecule has 228 valence electrons. The van der Waals surface area contributed by atoms with Crippen molar-refractivity contribution in [2.24, 2.45) is 0 Å². The standard InChI is InChI=1S/C46H39N/c1-31(2)35-19-10-11-23-40(35)45-37-21-9-8-18-33(37)26-29-44(45)47(43-25-15-13-20-36(43)32-16-6-5-7-17-32)34-27-28-39-38-22-12-14-24-41(38)46(3,4)42(39)30-34/h5-31H,1-4H3. The minimum absolute atomic E-state index is 0.108. The molecule has 1 nitrogen and oxygen atoms in total. The van der Waals surface area contributed by atoms with E-state index in [-0.39, 0.29) is 5.41 Å². The second-order valence-corrected chi connectivity index (χ2v) is 13.5. The van der Waals surface area contributed by atoms with Gasteiger partial charge in [0.1, 0.15) is 0 Å². The highest BCUT2D eigenvalue weighted by Crippen LogP contribution is 2.53. The molecule has 0 heterocycles. The van der Waals surface area contributed by atoms with Crippen molar-refractivity contribution >= 4 is 27.8 Å². The van der Waals surface area contributed by atoms with Gasteiger partial charge >= 0.3 is 0 Å². The Labute approximate surface area is 278 Å². The van der Waals surface area contributed by atoms with Crippen LogP contribution < -0.4 is 4.90 Å². The van der Waals surface area contributed by atoms with Crippen LogP contribution in [0.3, 0.4) is 0 Å². The molecule has 1 aliphatic rings. The summed E-state index contributed by atoms with van der Waals surface area (Å²) in [5, 5.41) is 2.50. The molecule has 7 aromatic rings. The number of hydrogen-bond acceptors (Lipinski definition) is 1. The van der Waals surface area contributed by atoms with Gasteiger partial charge in [-0.2, -0.15) is 0 Å². The van der Waals surface area contributed by atoms with Crippen LogP contribution in [0.2, 0.25) is 0 Å². The van der Waals surface area contributed by atoms with Gasteiger partial charge in [0.25, 0.3) is 0 Å². The molecule has 1 heteroatoms. The molecule has 0 N–H and O–H groups in total. The first-order chi connectivity index (χ1) is 22.9. The van der Waals surface area contributed by atoms with E-state index in [4.69, 9.17) is 0 Å². The maximum atomic E-state index is 2.51.